The Hall–Kier alpha value is -0.840. The largest absolute Gasteiger partial charge is 0.326 e. The second-order valence-electron chi connectivity index (χ2n) is 3.92. The molecule has 2 nitrogen and oxygen atoms in total. The van der Waals surface area contributed by atoms with Gasteiger partial charge in [0.1, 0.15) is 5.01 Å². The van der Waals surface area contributed by atoms with Crippen molar-refractivity contribution >= 4 is 23.1 Å². The second-order valence-corrected chi connectivity index (χ2v) is 6.14. The number of nitrogens with two attached hydrogens (primary N) is 1. The van der Waals surface area contributed by atoms with Gasteiger partial charge in [-0.3, -0.25) is 0 Å². The predicted octanol–water partition coefficient (Wildman–Crippen LogP) is 3.51. The number of hydrogen-bond acceptors (Lipinski definition) is 4. The summed E-state index contributed by atoms with van der Waals surface area (Å²) in [6.45, 7) is 4.73. The standard InChI is InChI=1S/C13H16N2S2/c1-9-3-5-11(6-4-9)16-8-13-15-10(2)12(7-14)17-13/h3-6H,7-8,14H2,1-2H3. The zero-order valence-electron chi connectivity index (χ0n) is 10.1. The molecule has 17 heavy (non-hydrogen) atoms. The number of thioether (sulfide) groups is 1. The van der Waals surface area contributed by atoms with Gasteiger partial charge in [-0.1, -0.05) is 17.7 Å². The van der Waals surface area contributed by atoms with Gasteiger partial charge in [0.15, 0.2) is 0 Å². The summed E-state index contributed by atoms with van der Waals surface area (Å²) in [6, 6.07) is 8.59. The Morgan fingerprint density at radius 2 is 1.94 bits per heavy atom. The smallest absolute Gasteiger partial charge is 0.103 e. The van der Waals surface area contributed by atoms with Crippen LogP contribution in [0.25, 0.3) is 0 Å². The van der Waals surface area contributed by atoms with Crippen molar-refractivity contribution in [1.82, 2.24) is 4.98 Å². The zero-order chi connectivity index (χ0) is 12.3. The number of hydrogen-bond donors (Lipinski definition) is 1. The molecular weight excluding hydrogens is 248 g/mol. The molecular formula is C13H16N2S2. The fraction of sp³-hybridized carbons (Fsp3) is 0.308. The molecule has 0 amide bonds. The van der Waals surface area contributed by atoms with Crippen LogP contribution in [-0.2, 0) is 12.3 Å². The molecule has 0 fully saturated rings. The van der Waals surface area contributed by atoms with E-state index in [1.807, 2.05) is 18.7 Å². The van der Waals surface area contributed by atoms with Crippen LogP contribution in [0, 0.1) is 13.8 Å². The van der Waals surface area contributed by atoms with E-state index < -0.39 is 0 Å². The average Bonchev–Trinajstić information content (AvgIpc) is 2.69. The van der Waals surface area contributed by atoms with Crippen LogP contribution in [0.5, 0.6) is 0 Å². The maximum atomic E-state index is 5.65. The maximum absolute atomic E-state index is 5.65. The summed E-state index contributed by atoms with van der Waals surface area (Å²) in [6.07, 6.45) is 0. The number of aryl methyl sites for hydroxylation is 2. The number of nitrogens with zero attached hydrogens (tertiary/aromatic N) is 1. The molecule has 90 valence electrons. The third kappa shape index (κ3) is 3.31. The Labute approximate surface area is 110 Å². The molecule has 0 saturated heterocycles. The topological polar surface area (TPSA) is 38.9 Å². The molecule has 0 aliphatic carbocycles. The number of benzene rings is 1. The van der Waals surface area contributed by atoms with Crippen molar-refractivity contribution in [3.05, 3.63) is 45.4 Å². The van der Waals surface area contributed by atoms with E-state index in [0.717, 1.165) is 16.5 Å². The molecule has 0 radical (unpaired) electrons. The van der Waals surface area contributed by atoms with Gasteiger partial charge in [0, 0.05) is 16.3 Å². The quantitative estimate of drug-likeness (QED) is 0.859. The van der Waals surface area contributed by atoms with Crippen molar-refractivity contribution in [2.45, 2.75) is 31.0 Å². The van der Waals surface area contributed by atoms with Gasteiger partial charge in [0.05, 0.1) is 11.4 Å². The van der Waals surface area contributed by atoms with Gasteiger partial charge >= 0.3 is 0 Å². The molecule has 2 N–H and O–H groups in total. The molecule has 0 unspecified atom stereocenters. The molecule has 2 aromatic rings. The van der Waals surface area contributed by atoms with Crippen LogP contribution in [0.1, 0.15) is 21.1 Å². The van der Waals surface area contributed by atoms with Crippen LogP contribution < -0.4 is 5.73 Å². The third-order valence-corrected chi connectivity index (χ3v) is 4.89. The van der Waals surface area contributed by atoms with E-state index in [0.29, 0.717) is 6.54 Å². The molecule has 0 atom stereocenters. The van der Waals surface area contributed by atoms with Crippen molar-refractivity contribution < 1.29 is 0 Å². The highest BCUT2D eigenvalue weighted by molar-refractivity contribution is 7.98. The summed E-state index contributed by atoms with van der Waals surface area (Å²) < 4.78 is 0. The van der Waals surface area contributed by atoms with Gasteiger partial charge in [-0.15, -0.1) is 23.1 Å². The summed E-state index contributed by atoms with van der Waals surface area (Å²) >= 11 is 3.55. The minimum atomic E-state index is 0.596. The number of aromatic nitrogens is 1. The molecule has 1 heterocycles. The highest BCUT2D eigenvalue weighted by Gasteiger charge is 2.06. The van der Waals surface area contributed by atoms with Gasteiger partial charge < -0.3 is 5.73 Å². The molecule has 1 aromatic carbocycles. The number of thiazole rings is 1. The summed E-state index contributed by atoms with van der Waals surface area (Å²) in [7, 11) is 0. The Kier molecular flexibility index (Phi) is 4.20. The SMILES string of the molecule is Cc1ccc(SCc2nc(C)c(CN)s2)cc1. The van der Waals surface area contributed by atoms with Gasteiger partial charge in [0.2, 0.25) is 0 Å². The monoisotopic (exact) mass is 264 g/mol. The molecule has 4 heteroatoms. The van der Waals surface area contributed by atoms with E-state index in [2.05, 4.69) is 36.2 Å². The van der Waals surface area contributed by atoms with Gasteiger partial charge in [0.25, 0.3) is 0 Å². The van der Waals surface area contributed by atoms with E-state index >= 15 is 0 Å². The first-order chi connectivity index (χ1) is 8.19. The van der Waals surface area contributed by atoms with Crippen LogP contribution >= 0.6 is 23.1 Å². The van der Waals surface area contributed by atoms with Gasteiger partial charge in [-0.2, -0.15) is 0 Å². The van der Waals surface area contributed by atoms with Crippen molar-refractivity contribution in [2.75, 3.05) is 0 Å². The summed E-state index contributed by atoms with van der Waals surface area (Å²) in [5, 5.41) is 1.16. The lowest BCUT2D eigenvalue weighted by Crippen LogP contribution is -1.94. The maximum Gasteiger partial charge on any atom is 0.103 e. The minimum Gasteiger partial charge on any atom is -0.326 e. The summed E-state index contributed by atoms with van der Waals surface area (Å²) in [5.74, 6) is 0.925. The highest BCUT2D eigenvalue weighted by atomic mass is 32.2. The van der Waals surface area contributed by atoms with E-state index in [1.165, 1.54) is 15.3 Å². The molecule has 0 bridgehead atoms. The summed E-state index contributed by atoms with van der Waals surface area (Å²) in [4.78, 5) is 7.02. The highest BCUT2D eigenvalue weighted by Crippen LogP contribution is 2.26. The Balaban J connectivity index is 1.99. The zero-order valence-corrected chi connectivity index (χ0v) is 11.7. The molecule has 1 aromatic heterocycles. The van der Waals surface area contributed by atoms with E-state index in [1.54, 1.807) is 11.3 Å². The number of rotatable bonds is 4. The lowest BCUT2D eigenvalue weighted by atomic mass is 10.2. The van der Waals surface area contributed by atoms with E-state index in [-0.39, 0.29) is 0 Å². The van der Waals surface area contributed by atoms with Crippen LogP contribution in [-0.4, -0.2) is 4.98 Å². The lowest BCUT2D eigenvalue weighted by molar-refractivity contribution is 1.05. The van der Waals surface area contributed by atoms with Crippen LogP contribution in [0.2, 0.25) is 0 Å². The average molecular weight is 264 g/mol. The van der Waals surface area contributed by atoms with E-state index in [9.17, 15) is 0 Å². The van der Waals surface area contributed by atoms with Crippen molar-refractivity contribution in [3.8, 4) is 0 Å². The van der Waals surface area contributed by atoms with E-state index in [4.69, 9.17) is 5.73 Å². The third-order valence-electron chi connectivity index (χ3n) is 2.51. The minimum absolute atomic E-state index is 0.596. The fourth-order valence-electron chi connectivity index (χ4n) is 1.52. The summed E-state index contributed by atoms with van der Waals surface area (Å²) in [5.41, 5.74) is 8.03. The predicted molar refractivity (Wildman–Crippen MR) is 75.5 cm³/mol. The van der Waals surface area contributed by atoms with Crippen molar-refractivity contribution in [2.24, 2.45) is 5.73 Å². The van der Waals surface area contributed by atoms with Gasteiger partial charge in [-0.25, -0.2) is 4.98 Å². The van der Waals surface area contributed by atoms with Crippen LogP contribution in [0.15, 0.2) is 29.2 Å². The molecule has 0 saturated carbocycles. The van der Waals surface area contributed by atoms with Crippen molar-refractivity contribution in [3.63, 3.8) is 0 Å². The Bertz CT molecular complexity index is 489. The Morgan fingerprint density at radius 1 is 1.24 bits per heavy atom. The lowest BCUT2D eigenvalue weighted by Gasteiger charge is -1.99. The van der Waals surface area contributed by atoms with Crippen LogP contribution in [0.3, 0.4) is 0 Å². The fourth-order valence-corrected chi connectivity index (χ4v) is 3.36. The normalized spacial score (nSPS) is 10.8. The second kappa shape index (κ2) is 5.67. The molecule has 0 aliphatic rings. The Morgan fingerprint density at radius 3 is 2.53 bits per heavy atom. The first-order valence-electron chi connectivity index (χ1n) is 5.53. The molecule has 0 spiro atoms. The van der Waals surface area contributed by atoms with Crippen LogP contribution in [0.4, 0.5) is 0 Å². The first-order valence-corrected chi connectivity index (χ1v) is 7.34. The van der Waals surface area contributed by atoms with Crippen molar-refractivity contribution in [1.29, 1.82) is 0 Å². The molecule has 0 aliphatic heterocycles. The van der Waals surface area contributed by atoms with Gasteiger partial charge in [-0.05, 0) is 26.0 Å². The first kappa shape index (κ1) is 12.6. The molecule has 2 rings (SSSR count).